The van der Waals surface area contributed by atoms with Gasteiger partial charge in [-0.1, -0.05) is 59.0 Å². The molecule has 0 saturated heterocycles. The molecule has 0 aliphatic rings. The van der Waals surface area contributed by atoms with Crippen LogP contribution in [0.2, 0.25) is 19.0 Å². The largest absolute Gasteiger partial charge is 1.00 e. The van der Waals surface area contributed by atoms with Crippen molar-refractivity contribution in [3.63, 3.8) is 0 Å². The number of hydrogen-bond acceptors (Lipinski definition) is 0. The molecule has 0 unspecified atom stereocenters. The molecule has 0 aromatic rings. The van der Waals surface area contributed by atoms with E-state index in [-0.39, 0.29) is 20.3 Å². The third kappa shape index (κ3) is 8.57. The summed E-state index contributed by atoms with van der Waals surface area (Å²) in [6.07, 6.45) is 8.44. The monoisotopic (exact) mass is 148 g/mol. The fourth-order valence-electron chi connectivity index (χ4n) is 1.66. The first-order valence-corrected chi connectivity index (χ1v) is 4.85. The molecule has 0 N–H and O–H groups in total. The Morgan fingerprint density at radius 1 is 0.818 bits per heavy atom. The van der Waals surface area contributed by atoms with E-state index in [1.807, 2.05) is 0 Å². The van der Waals surface area contributed by atoms with Crippen molar-refractivity contribution in [2.45, 2.75) is 59.0 Å². The van der Waals surface area contributed by atoms with Gasteiger partial charge in [0.1, 0.15) is 6.71 Å². The van der Waals surface area contributed by atoms with Crippen molar-refractivity contribution in [3.8, 4) is 0 Å². The summed E-state index contributed by atoms with van der Waals surface area (Å²) in [7, 11) is 0. The predicted molar refractivity (Wildman–Crippen MR) is 52.2 cm³/mol. The van der Waals surface area contributed by atoms with Crippen LogP contribution >= 0.6 is 0 Å². The SMILES string of the molecule is CCCB(CCC)CCC.[H-].[Li+]. The van der Waals surface area contributed by atoms with Crippen LogP contribution in [0, 0.1) is 0 Å². The molecule has 0 bridgehead atoms. The molecule has 0 aromatic carbocycles. The molecule has 62 valence electrons. The Balaban J connectivity index is -0.000000405. The molecular weight excluding hydrogens is 126 g/mol. The van der Waals surface area contributed by atoms with Gasteiger partial charge in [-0.05, 0) is 0 Å². The average Bonchev–Trinajstić information content (AvgIpc) is 1.90. The summed E-state index contributed by atoms with van der Waals surface area (Å²) < 4.78 is 0. The van der Waals surface area contributed by atoms with E-state index in [0.29, 0.717) is 0 Å². The van der Waals surface area contributed by atoms with Crippen LogP contribution in [0.25, 0.3) is 0 Å². The topological polar surface area (TPSA) is 0 Å². The van der Waals surface area contributed by atoms with Crippen LogP contribution in [-0.2, 0) is 0 Å². The second-order valence-electron chi connectivity index (χ2n) is 3.23. The van der Waals surface area contributed by atoms with E-state index in [2.05, 4.69) is 20.8 Å². The van der Waals surface area contributed by atoms with Gasteiger partial charge < -0.3 is 1.43 Å². The third-order valence-electron chi connectivity index (χ3n) is 2.09. The van der Waals surface area contributed by atoms with Gasteiger partial charge >= 0.3 is 18.9 Å². The van der Waals surface area contributed by atoms with E-state index < -0.39 is 0 Å². The van der Waals surface area contributed by atoms with Crippen LogP contribution in [0.3, 0.4) is 0 Å². The average molecular weight is 148 g/mol. The molecule has 2 heteroatoms. The molecule has 0 aliphatic heterocycles. The van der Waals surface area contributed by atoms with Crippen molar-refractivity contribution >= 4 is 6.71 Å². The Bertz CT molecular complexity index is 57.3. The van der Waals surface area contributed by atoms with E-state index in [9.17, 15) is 0 Å². The van der Waals surface area contributed by atoms with Crippen molar-refractivity contribution in [1.82, 2.24) is 0 Å². The van der Waals surface area contributed by atoms with Crippen LogP contribution in [-0.4, -0.2) is 6.71 Å². The summed E-state index contributed by atoms with van der Waals surface area (Å²) in [5.74, 6) is 0. The first-order chi connectivity index (χ1) is 4.85. The van der Waals surface area contributed by atoms with Crippen molar-refractivity contribution in [2.75, 3.05) is 0 Å². The van der Waals surface area contributed by atoms with E-state index in [0.717, 1.165) is 6.71 Å². The normalized spacial score (nSPS) is 9.00. The van der Waals surface area contributed by atoms with Crippen LogP contribution in [0.15, 0.2) is 0 Å². The smallest absolute Gasteiger partial charge is 1.00 e. The molecule has 0 saturated carbocycles. The van der Waals surface area contributed by atoms with Crippen molar-refractivity contribution in [2.24, 2.45) is 0 Å². The summed E-state index contributed by atoms with van der Waals surface area (Å²) in [6, 6.07) is 0. The van der Waals surface area contributed by atoms with Gasteiger partial charge in [0.25, 0.3) is 0 Å². The van der Waals surface area contributed by atoms with Gasteiger partial charge in [-0.2, -0.15) is 0 Å². The van der Waals surface area contributed by atoms with Crippen LogP contribution in [0.4, 0.5) is 0 Å². The molecule has 0 atom stereocenters. The minimum atomic E-state index is 0. The van der Waals surface area contributed by atoms with Gasteiger partial charge in [-0.15, -0.1) is 0 Å². The van der Waals surface area contributed by atoms with Crippen LogP contribution < -0.4 is 18.9 Å². The molecular formula is C9H22BLi. The van der Waals surface area contributed by atoms with E-state index in [1.165, 1.54) is 38.2 Å². The maximum atomic E-state index is 2.29. The van der Waals surface area contributed by atoms with Crippen LogP contribution in [0.5, 0.6) is 0 Å². The third-order valence-corrected chi connectivity index (χ3v) is 2.09. The maximum absolute atomic E-state index is 2.29. The Kier molecular flexibility index (Phi) is 13.8. The van der Waals surface area contributed by atoms with E-state index >= 15 is 0 Å². The Morgan fingerprint density at radius 2 is 1.09 bits per heavy atom. The fraction of sp³-hybridized carbons (Fsp3) is 1.00. The molecule has 11 heavy (non-hydrogen) atoms. The van der Waals surface area contributed by atoms with Gasteiger partial charge in [0.2, 0.25) is 0 Å². The van der Waals surface area contributed by atoms with Gasteiger partial charge in [0.05, 0.1) is 0 Å². The Labute approximate surface area is 86.3 Å². The number of hydrogen-bond donors (Lipinski definition) is 0. The second kappa shape index (κ2) is 10.7. The van der Waals surface area contributed by atoms with E-state index in [1.54, 1.807) is 0 Å². The van der Waals surface area contributed by atoms with Gasteiger partial charge in [0.15, 0.2) is 0 Å². The fourth-order valence-corrected chi connectivity index (χ4v) is 1.66. The number of rotatable bonds is 6. The van der Waals surface area contributed by atoms with Crippen molar-refractivity contribution in [3.05, 3.63) is 0 Å². The van der Waals surface area contributed by atoms with Gasteiger partial charge in [-0.3, -0.25) is 0 Å². The minimum absolute atomic E-state index is 0. The first-order valence-electron chi connectivity index (χ1n) is 4.85. The quantitative estimate of drug-likeness (QED) is 0.489. The summed E-state index contributed by atoms with van der Waals surface area (Å²) in [6.45, 7) is 7.90. The second-order valence-corrected chi connectivity index (χ2v) is 3.23. The van der Waals surface area contributed by atoms with Gasteiger partial charge in [0, 0.05) is 0 Å². The zero-order valence-corrected chi connectivity index (χ0v) is 8.82. The molecule has 0 spiro atoms. The Hall–Kier alpha value is 0.662. The molecule has 0 heterocycles. The van der Waals surface area contributed by atoms with Crippen molar-refractivity contribution in [1.29, 1.82) is 0 Å². The van der Waals surface area contributed by atoms with Gasteiger partial charge in [-0.25, -0.2) is 0 Å². The molecule has 0 nitrogen and oxygen atoms in total. The standard InChI is InChI=1S/C9H21B.Li.H/c1-4-7-10(8-5-2)9-6-3;;/h4-9H2,1-3H3;;/q;+1;-1. The summed E-state index contributed by atoms with van der Waals surface area (Å²) >= 11 is 0. The minimum Gasteiger partial charge on any atom is -1.00 e. The zero-order chi connectivity index (χ0) is 7.82. The van der Waals surface area contributed by atoms with E-state index in [4.69, 9.17) is 0 Å². The van der Waals surface area contributed by atoms with Crippen molar-refractivity contribution < 1.29 is 20.3 Å². The summed E-state index contributed by atoms with van der Waals surface area (Å²) in [5.41, 5.74) is 0. The Morgan fingerprint density at radius 3 is 1.27 bits per heavy atom. The molecule has 0 aromatic heterocycles. The molecule has 0 fully saturated rings. The van der Waals surface area contributed by atoms with Crippen LogP contribution in [0.1, 0.15) is 41.5 Å². The summed E-state index contributed by atoms with van der Waals surface area (Å²) in [4.78, 5) is 0. The molecule has 0 radical (unpaired) electrons. The molecule has 0 amide bonds. The zero-order valence-electron chi connectivity index (χ0n) is 9.82. The molecule has 0 aliphatic carbocycles. The summed E-state index contributed by atoms with van der Waals surface area (Å²) in [5, 5.41) is 0. The predicted octanol–water partition coefficient (Wildman–Crippen LogP) is 0.828. The maximum Gasteiger partial charge on any atom is 1.00 e. The first kappa shape index (κ1) is 14.2. The molecule has 0 rings (SSSR count).